The first-order valence-electron chi connectivity index (χ1n) is 9.19. The van der Waals surface area contributed by atoms with Gasteiger partial charge in [-0.15, -0.1) is 0 Å². The molecular formula is C20H32O3. The van der Waals surface area contributed by atoms with Crippen LogP contribution in [0.25, 0.3) is 0 Å². The van der Waals surface area contributed by atoms with Gasteiger partial charge in [0.2, 0.25) is 0 Å². The van der Waals surface area contributed by atoms with Crippen molar-refractivity contribution in [2.24, 2.45) is 28.1 Å². The Morgan fingerprint density at radius 3 is 2.52 bits per heavy atom. The van der Waals surface area contributed by atoms with Crippen molar-refractivity contribution in [1.82, 2.24) is 0 Å². The van der Waals surface area contributed by atoms with Gasteiger partial charge in [0.25, 0.3) is 0 Å². The minimum atomic E-state index is -0.733. The first kappa shape index (κ1) is 17.2. The zero-order valence-electron chi connectivity index (χ0n) is 15.1. The van der Waals surface area contributed by atoms with Gasteiger partial charge in [-0.3, -0.25) is 4.79 Å². The van der Waals surface area contributed by atoms with Crippen LogP contribution in [0.15, 0.2) is 11.6 Å². The maximum atomic E-state index is 13.1. The zero-order chi connectivity index (χ0) is 17.0. The number of carbonyl (C=O) groups excluding carboxylic acids is 1. The van der Waals surface area contributed by atoms with E-state index < -0.39 is 11.5 Å². The van der Waals surface area contributed by atoms with Crippen LogP contribution in [0, 0.1) is 28.1 Å². The lowest BCUT2D eigenvalue weighted by Gasteiger charge is -2.63. The highest BCUT2D eigenvalue weighted by Gasteiger charge is 2.64. The third-order valence-corrected chi connectivity index (χ3v) is 7.72. The van der Waals surface area contributed by atoms with Crippen LogP contribution in [0.5, 0.6) is 0 Å². The van der Waals surface area contributed by atoms with Crippen molar-refractivity contribution in [3.05, 3.63) is 11.6 Å². The predicted octanol–water partition coefficient (Wildman–Crippen LogP) is 3.49. The van der Waals surface area contributed by atoms with Crippen LogP contribution in [0.4, 0.5) is 0 Å². The Morgan fingerprint density at radius 2 is 1.87 bits per heavy atom. The first-order valence-corrected chi connectivity index (χ1v) is 9.19. The van der Waals surface area contributed by atoms with Gasteiger partial charge in [0.15, 0.2) is 0 Å². The molecule has 3 aliphatic rings. The highest BCUT2D eigenvalue weighted by atomic mass is 16.3. The molecule has 0 saturated heterocycles. The summed E-state index contributed by atoms with van der Waals surface area (Å²) in [6, 6.07) is 0. The molecule has 3 nitrogen and oxygen atoms in total. The van der Waals surface area contributed by atoms with E-state index >= 15 is 0 Å². The van der Waals surface area contributed by atoms with Gasteiger partial charge in [0, 0.05) is 13.0 Å². The summed E-state index contributed by atoms with van der Waals surface area (Å²) < 4.78 is 0. The second-order valence-corrected chi connectivity index (χ2v) is 9.25. The summed E-state index contributed by atoms with van der Waals surface area (Å²) >= 11 is 0. The summed E-state index contributed by atoms with van der Waals surface area (Å²) in [5, 5.41) is 20.2. The molecule has 23 heavy (non-hydrogen) atoms. The molecular weight excluding hydrogens is 288 g/mol. The number of aliphatic hydroxyl groups excluding tert-OH is 2. The Bertz CT molecular complexity index is 535. The van der Waals surface area contributed by atoms with E-state index in [4.69, 9.17) is 0 Å². The van der Waals surface area contributed by atoms with Crippen LogP contribution < -0.4 is 0 Å². The van der Waals surface area contributed by atoms with Gasteiger partial charge in [-0.05, 0) is 60.8 Å². The number of allylic oxidation sites excluding steroid dienone is 1. The van der Waals surface area contributed by atoms with Crippen LogP contribution in [-0.2, 0) is 4.79 Å². The SMILES string of the molecule is CC1(C)CCCC2(C)C1CC(=O)C1(C)C(O)C(CCO)=CCC21. The van der Waals surface area contributed by atoms with Gasteiger partial charge < -0.3 is 10.2 Å². The van der Waals surface area contributed by atoms with Gasteiger partial charge >= 0.3 is 0 Å². The van der Waals surface area contributed by atoms with Gasteiger partial charge in [0.1, 0.15) is 5.78 Å². The van der Waals surface area contributed by atoms with E-state index in [1.54, 1.807) is 0 Å². The number of hydrogen-bond donors (Lipinski definition) is 2. The number of carbonyl (C=O) groups is 1. The van der Waals surface area contributed by atoms with E-state index in [9.17, 15) is 15.0 Å². The molecule has 0 bridgehead atoms. The summed E-state index contributed by atoms with van der Waals surface area (Å²) in [5.74, 6) is 0.851. The molecule has 0 amide bonds. The quantitative estimate of drug-likeness (QED) is 0.766. The molecule has 0 spiro atoms. The molecule has 130 valence electrons. The van der Waals surface area contributed by atoms with Crippen LogP contribution in [0.2, 0.25) is 0 Å². The van der Waals surface area contributed by atoms with E-state index in [-0.39, 0.29) is 29.1 Å². The Labute approximate surface area is 140 Å². The lowest BCUT2D eigenvalue weighted by atomic mass is 9.40. The number of rotatable bonds is 2. The smallest absolute Gasteiger partial charge is 0.142 e. The molecule has 5 unspecified atom stereocenters. The van der Waals surface area contributed by atoms with Gasteiger partial charge in [0.05, 0.1) is 11.5 Å². The molecule has 0 aromatic heterocycles. The van der Waals surface area contributed by atoms with Gasteiger partial charge in [-0.1, -0.05) is 33.3 Å². The number of hydrogen-bond acceptors (Lipinski definition) is 3. The molecule has 2 saturated carbocycles. The highest BCUT2D eigenvalue weighted by Crippen LogP contribution is 2.66. The third kappa shape index (κ3) is 2.26. The van der Waals surface area contributed by atoms with Crippen molar-refractivity contribution in [1.29, 1.82) is 0 Å². The number of aliphatic hydroxyl groups is 2. The lowest BCUT2D eigenvalue weighted by Crippen LogP contribution is -2.63. The second kappa shape index (κ2) is 5.42. The molecule has 3 heteroatoms. The normalized spacial score (nSPS) is 45.9. The topological polar surface area (TPSA) is 57.5 Å². The fourth-order valence-electron chi connectivity index (χ4n) is 6.37. The number of Topliss-reactive ketones (excluding diaryl/α,β-unsaturated/α-hetero) is 1. The molecule has 2 fully saturated rings. The monoisotopic (exact) mass is 320 g/mol. The Hall–Kier alpha value is -0.670. The van der Waals surface area contributed by atoms with E-state index in [1.165, 1.54) is 12.8 Å². The fourth-order valence-corrected chi connectivity index (χ4v) is 6.37. The van der Waals surface area contributed by atoms with Crippen molar-refractivity contribution in [2.45, 2.75) is 72.3 Å². The average Bonchev–Trinajstić information content (AvgIpc) is 2.46. The van der Waals surface area contributed by atoms with Crippen LogP contribution in [0.1, 0.15) is 66.2 Å². The Morgan fingerprint density at radius 1 is 1.17 bits per heavy atom. The molecule has 0 aliphatic heterocycles. The van der Waals surface area contributed by atoms with E-state index in [0.29, 0.717) is 18.8 Å². The lowest BCUT2D eigenvalue weighted by molar-refractivity contribution is -0.177. The van der Waals surface area contributed by atoms with Crippen LogP contribution >= 0.6 is 0 Å². The molecule has 3 rings (SSSR count). The van der Waals surface area contributed by atoms with Crippen molar-refractivity contribution >= 4 is 5.78 Å². The van der Waals surface area contributed by atoms with Crippen molar-refractivity contribution in [2.75, 3.05) is 6.61 Å². The first-order chi connectivity index (χ1) is 10.7. The minimum Gasteiger partial charge on any atom is -0.396 e. The summed E-state index contributed by atoms with van der Waals surface area (Å²) in [7, 11) is 0. The highest BCUT2D eigenvalue weighted by molar-refractivity contribution is 5.88. The molecule has 0 radical (unpaired) electrons. The number of ketones is 1. The van der Waals surface area contributed by atoms with E-state index in [0.717, 1.165) is 18.4 Å². The summed E-state index contributed by atoms with van der Waals surface area (Å²) in [5.41, 5.74) is 0.492. The van der Waals surface area contributed by atoms with E-state index in [2.05, 4.69) is 26.8 Å². The maximum Gasteiger partial charge on any atom is 0.142 e. The largest absolute Gasteiger partial charge is 0.396 e. The standard InChI is InChI=1S/C20H32O3/c1-18(2)9-5-10-19(3)14-7-6-13(8-11-21)17(23)20(14,4)16(22)12-15(18)19/h6,14-15,17,21,23H,5,7-12H2,1-4H3. The van der Waals surface area contributed by atoms with Crippen molar-refractivity contribution in [3.8, 4) is 0 Å². The summed E-state index contributed by atoms with van der Waals surface area (Å²) in [6.07, 6.45) is 6.87. The molecule has 3 aliphatic carbocycles. The fraction of sp³-hybridized carbons (Fsp3) is 0.850. The third-order valence-electron chi connectivity index (χ3n) is 7.72. The van der Waals surface area contributed by atoms with Crippen molar-refractivity contribution in [3.63, 3.8) is 0 Å². The molecule has 0 aromatic carbocycles. The van der Waals surface area contributed by atoms with Crippen LogP contribution in [0.3, 0.4) is 0 Å². The predicted molar refractivity (Wildman–Crippen MR) is 90.9 cm³/mol. The Kier molecular flexibility index (Phi) is 4.04. The molecule has 5 atom stereocenters. The zero-order valence-corrected chi connectivity index (χ0v) is 15.1. The Balaban J connectivity index is 2.05. The van der Waals surface area contributed by atoms with Crippen LogP contribution in [-0.4, -0.2) is 28.7 Å². The van der Waals surface area contributed by atoms with Crippen molar-refractivity contribution < 1.29 is 15.0 Å². The van der Waals surface area contributed by atoms with E-state index in [1.807, 2.05) is 6.92 Å². The summed E-state index contributed by atoms with van der Waals surface area (Å²) in [4.78, 5) is 13.1. The maximum absolute atomic E-state index is 13.1. The molecule has 2 N–H and O–H groups in total. The second-order valence-electron chi connectivity index (χ2n) is 9.25. The molecule has 0 aromatic rings. The average molecular weight is 320 g/mol. The number of fused-ring (bicyclic) bond motifs is 3. The molecule has 0 heterocycles. The minimum absolute atomic E-state index is 0.0325. The van der Waals surface area contributed by atoms with Gasteiger partial charge in [-0.25, -0.2) is 0 Å². The summed E-state index contributed by atoms with van der Waals surface area (Å²) in [6.45, 7) is 9.02. The van der Waals surface area contributed by atoms with Gasteiger partial charge in [-0.2, -0.15) is 0 Å².